The molecule has 0 aromatic heterocycles. The van der Waals surface area contributed by atoms with Crippen LogP contribution in [0.1, 0.15) is 30.9 Å². The van der Waals surface area contributed by atoms with Crippen molar-refractivity contribution in [3.63, 3.8) is 0 Å². The maximum Gasteiger partial charge on any atom is 0.308 e. The number of likely N-dealkylation sites (tertiary alicyclic amines) is 1. The maximum atomic E-state index is 12.5. The summed E-state index contributed by atoms with van der Waals surface area (Å²) in [6.45, 7) is 3.02. The number of hydrogen-bond acceptors (Lipinski definition) is 3. The van der Waals surface area contributed by atoms with Crippen LogP contribution in [-0.4, -0.2) is 41.1 Å². The minimum absolute atomic E-state index is 0.0114. The summed E-state index contributed by atoms with van der Waals surface area (Å²) in [6.07, 6.45) is 2.61. The fourth-order valence-corrected chi connectivity index (χ4v) is 3.28. The zero-order valence-corrected chi connectivity index (χ0v) is 12.7. The summed E-state index contributed by atoms with van der Waals surface area (Å²) in [5.74, 6) is -0.321. The van der Waals surface area contributed by atoms with Crippen molar-refractivity contribution < 1.29 is 19.4 Å². The van der Waals surface area contributed by atoms with Gasteiger partial charge in [-0.1, -0.05) is 12.1 Å². The van der Waals surface area contributed by atoms with Crippen LogP contribution in [0.3, 0.4) is 0 Å². The topological polar surface area (TPSA) is 66.8 Å². The second-order valence-electron chi connectivity index (χ2n) is 6.22. The molecule has 2 aliphatic heterocycles. The van der Waals surface area contributed by atoms with Crippen LogP contribution in [-0.2, 0) is 22.4 Å². The second kappa shape index (κ2) is 5.99. The zero-order valence-electron chi connectivity index (χ0n) is 12.7. The average Bonchev–Trinajstić information content (AvgIpc) is 2.94. The van der Waals surface area contributed by atoms with Crippen LogP contribution >= 0.6 is 0 Å². The number of rotatable bonds is 3. The number of benzene rings is 1. The molecule has 0 spiro atoms. The molecular formula is C17H21NO4. The first-order valence-corrected chi connectivity index (χ1v) is 7.81. The Kier molecular flexibility index (Phi) is 4.05. The molecule has 5 nitrogen and oxygen atoms in total. The van der Waals surface area contributed by atoms with Crippen molar-refractivity contribution in [1.29, 1.82) is 0 Å². The van der Waals surface area contributed by atoms with Gasteiger partial charge in [0.15, 0.2) is 0 Å². The Bertz CT molecular complexity index is 598. The molecule has 1 aromatic carbocycles. The van der Waals surface area contributed by atoms with Gasteiger partial charge in [0.2, 0.25) is 5.91 Å². The molecule has 0 aliphatic carbocycles. The predicted octanol–water partition coefficient (Wildman–Crippen LogP) is 1.88. The van der Waals surface area contributed by atoms with E-state index in [1.807, 2.05) is 25.1 Å². The van der Waals surface area contributed by atoms with E-state index >= 15 is 0 Å². The van der Waals surface area contributed by atoms with Gasteiger partial charge in [-0.25, -0.2) is 0 Å². The zero-order chi connectivity index (χ0) is 15.7. The van der Waals surface area contributed by atoms with E-state index in [0.717, 1.165) is 29.7 Å². The van der Waals surface area contributed by atoms with E-state index in [-0.39, 0.29) is 11.9 Å². The largest absolute Gasteiger partial charge is 0.493 e. The molecule has 2 heterocycles. The summed E-state index contributed by atoms with van der Waals surface area (Å²) in [5.41, 5.74) is 2.12. The third kappa shape index (κ3) is 2.93. The summed E-state index contributed by atoms with van der Waals surface area (Å²) in [7, 11) is 0. The van der Waals surface area contributed by atoms with E-state index in [4.69, 9.17) is 9.84 Å². The average molecular weight is 303 g/mol. The van der Waals surface area contributed by atoms with Crippen molar-refractivity contribution in [2.45, 2.75) is 38.6 Å². The molecule has 0 bridgehead atoms. The van der Waals surface area contributed by atoms with Gasteiger partial charge >= 0.3 is 5.97 Å². The Morgan fingerprint density at radius 3 is 2.95 bits per heavy atom. The maximum absolute atomic E-state index is 12.5. The van der Waals surface area contributed by atoms with Gasteiger partial charge in [-0.15, -0.1) is 0 Å². The normalized spacial score (nSPS) is 23.8. The first-order chi connectivity index (χ1) is 10.5. The Balaban J connectivity index is 1.69. The van der Waals surface area contributed by atoms with Crippen LogP contribution in [0.5, 0.6) is 5.75 Å². The van der Waals surface area contributed by atoms with Crippen LogP contribution in [0.2, 0.25) is 0 Å². The van der Waals surface area contributed by atoms with Gasteiger partial charge < -0.3 is 14.7 Å². The summed E-state index contributed by atoms with van der Waals surface area (Å²) >= 11 is 0. The second-order valence-corrected chi connectivity index (χ2v) is 6.22. The lowest BCUT2D eigenvalue weighted by atomic mass is 9.93. The molecule has 0 saturated carbocycles. The first kappa shape index (κ1) is 14.9. The summed E-state index contributed by atoms with van der Waals surface area (Å²) in [4.78, 5) is 25.4. The molecule has 1 aromatic rings. The molecule has 1 fully saturated rings. The highest BCUT2D eigenvalue weighted by atomic mass is 16.5. The van der Waals surface area contributed by atoms with Gasteiger partial charge in [0.1, 0.15) is 5.75 Å². The monoisotopic (exact) mass is 303 g/mol. The van der Waals surface area contributed by atoms with Gasteiger partial charge in [-0.3, -0.25) is 9.59 Å². The van der Waals surface area contributed by atoms with E-state index in [1.165, 1.54) is 0 Å². The number of aliphatic carboxylic acids is 1. The van der Waals surface area contributed by atoms with E-state index in [2.05, 4.69) is 0 Å². The van der Waals surface area contributed by atoms with Gasteiger partial charge in [-0.05, 0) is 37.0 Å². The summed E-state index contributed by atoms with van der Waals surface area (Å²) in [6, 6.07) is 5.99. The minimum atomic E-state index is -0.806. The van der Waals surface area contributed by atoms with Crippen LogP contribution in [0.15, 0.2) is 18.2 Å². The Hall–Kier alpha value is -2.04. The Morgan fingerprint density at radius 1 is 1.36 bits per heavy atom. The third-order valence-electron chi connectivity index (χ3n) is 4.66. The van der Waals surface area contributed by atoms with Crippen LogP contribution < -0.4 is 4.74 Å². The lowest BCUT2D eigenvalue weighted by Crippen LogP contribution is -2.47. The van der Waals surface area contributed by atoms with E-state index in [9.17, 15) is 9.59 Å². The standard InChI is InChI=1S/C17H21NO4/c1-11-2-4-14(17(20)21)10-18(11)16(19)9-12-3-5-15-13(8-12)6-7-22-15/h3,5,8,11,14H,2,4,6-7,9-10H2,1H3,(H,20,21). The minimum Gasteiger partial charge on any atom is -0.493 e. The molecule has 5 heteroatoms. The number of fused-ring (bicyclic) bond motifs is 1. The van der Waals surface area contributed by atoms with Crippen LogP contribution in [0.4, 0.5) is 0 Å². The number of nitrogens with zero attached hydrogens (tertiary/aromatic N) is 1. The van der Waals surface area contributed by atoms with Crippen molar-refractivity contribution in [2.75, 3.05) is 13.2 Å². The molecule has 1 N–H and O–H groups in total. The lowest BCUT2D eigenvalue weighted by Gasteiger charge is -2.36. The number of piperidine rings is 1. The highest BCUT2D eigenvalue weighted by molar-refractivity contribution is 5.80. The van der Waals surface area contributed by atoms with Gasteiger partial charge in [0.05, 0.1) is 18.9 Å². The molecule has 3 rings (SSSR count). The number of carbonyl (C=O) groups excluding carboxylic acids is 1. The van der Waals surface area contributed by atoms with Gasteiger partial charge in [0.25, 0.3) is 0 Å². The SMILES string of the molecule is CC1CCC(C(=O)O)CN1C(=O)Cc1ccc2c(c1)CCO2. The van der Waals surface area contributed by atoms with Crippen molar-refractivity contribution in [2.24, 2.45) is 5.92 Å². The molecule has 2 atom stereocenters. The molecule has 2 aliphatic rings. The molecule has 22 heavy (non-hydrogen) atoms. The molecule has 0 radical (unpaired) electrons. The van der Waals surface area contributed by atoms with Crippen molar-refractivity contribution >= 4 is 11.9 Å². The van der Waals surface area contributed by atoms with E-state index < -0.39 is 11.9 Å². The van der Waals surface area contributed by atoms with Gasteiger partial charge in [-0.2, -0.15) is 0 Å². The van der Waals surface area contributed by atoms with Gasteiger partial charge in [0, 0.05) is 19.0 Å². The summed E-state index contributed by atoms with van der Waals surface area (Å²) in [5, 5.41) is 9.17. The lowest BCUT2D eigenvalue weighted by molar-refractivity contribution is -0.146. The number of carboxylic acid groups (broad SMARTS) is 1. The molecular weight excluding hydrogens is 282 g/mol. The molecule has 1 amide bonds. The van der Waals surface area contributed by atoms with E-state index in [0.29, 0.717) is 26.0 Å². The summed E-state index contributed by atoms with van der Waals surface area (Å²) < 4.78 is 5.47. The molecule has 118 valence electrons. The van der Waals surface area contributed by atoms with Crippen molar-refractivity contribution in [3.8, 4) is 5.75 Å². The van der Waals surface area contributed by atoms with Crippen molar-refractivity contribution in [1.82, 2.24) is 4.90 Å². The number of amides is 1. The Labute approximate surface area is 129 Å². The highest BCUT2D eigenvalue weighted by Gasteiger charge is 2.32. The van der Waals surface area contributed by atoms with E-state index in [1.54, 1.807) is 4.90 Å². The quantitative estimate of drug-likeness (QED) is 0.926. The fourth-order valence-electron chi connectivity index (χ4n) is 3.28. The third-order valence-corrected chi connectivity index (χ3v) is 4.66. The van der Waals surface area contributed by atoms with Crippen molar-refractivity contribution in [3.05, 3.63) is 29.3 Å². The number of ether oxygens (including phenoxy) is 1. The predicted molar refractivity (Wildman–Crippen MR) is 80.9 cm³/mol. The number of carboxylic acids is 1. The smallest absolute Gasteiger partial charge is 0.308 e. The number of carbonyl (C=O) groups is 2. The Morgan fingerprint density at radius 2 is 2.18 bits per heavy atom. The number of hydrogen-bond donors (Lipinski definition) is 1. The highest BCUT2D eigenvalue weighted by Crippen LogP contribution is 2.27. The fraction of sp³-hybridized carbons (Fsp3) is 0.529. The van der Waals surface area contributed by atoms with Crippen LogP contribution in [0.25, 0.3) is 0 Å². The first-order valence-electron chi connectivity index (χ1n) is 7.81. The van der Waals surface area contributed by atoms with Crippen LogP contribution in [0, 0.1) is 5.92 Å². The molecule has 2 unspecified atom stereocenters. The molecule has 1 saturated heterocycles.